The van der Waals surface area contributed by atoms with Crippen LogP contribution in [0.2, 0.25) is 0 Å². The standard InChI is InChI=1S/C30H52O/c1-20-10-9-11-22-27(5)15-17-29(7)23-19-25(2,3)12-13-26(23,4)14-16-30(29,8)24(27)21(31)18-28(20,22)6/h20-24,31H,9-19H2,1-8H3/t20-,21-,22-,23+,24-,26+,27-,28+,29-,30+/m0/s1. The average molecular weight is 429 g/mol. The van der Waals surface area contributed by atoms with Crippen LogP contribution >= 0.6 is 0 Å². The van der Waals surface area contributed by atoms with Crippen molar-refractivity contribution in [2.45, 2.75) is 132 Å². The van der Waals surface area contributed by atoms with Crippen LogP contribution in [-0.2, 0) is 0 Å². The minimum absolute atomic E-state index is 0.114. The van der Waals surface area contributed by atoms with E-state index in [1.54, 1.807) is 0 Å². The van der Waals surface area contributed by atoms with Gasteiger partial charge >= 0.3 is 0 Å². The van der Waals surface area contributed by atoms with Crippen molar-refractivity contribution in [2.24, 2.45) is 56.2 Å². The van der Waals surface area contributed by atoms with Crippen LogP contribution in [0.3, 0.4) is 0 Å². The van der Waals surface area contributed by atoms with Gasteiger partial charge in [-0.2, -0.15) is 0 Å². The second kappa shape index (κ2) is 6.55. The summed E-state index contributed by atoms with van der Waals surface area (Å²) in [5.41, 5.74) is 2.30. The maximum absolute atomic E-state index is 12.0. The van der Waals surface area contributed by atoms with Crippen LogP contribution in [0.4, 0.5) is 0 Å². The molecule has 178 valence electrons. The zero-order valence-electron chi connectivity index (χ0n) is 22.1. The van der Waals surface area contributed by atoms with E-state index in [9.17, 15) is 5.11 Å². The molecule has 0 spiro atoms. The third-order valence-electron chi connectivity index (χ3n) is 13.7. The number of aliphatic hydroxyl groups excluding tert-OH is 1. The SMILES string of the molecule is C[C@H]1CCC[C@@H]2[C@]1(C)C[C@H](O)[C@H]1[C@@]2(C)CC[C@@]2(C)[C@@H]3CC(C)(C)CC[C@]3(C)CC[C@]12C. The third-order valence-corrected chi connectivity index (χ3v) is 13.7. The van der Waals surface area contributed by atoms with Crippen LogP contribution in [0.1, 0.15) is 126 Å². The van der Waals surface area contributed by atoms with Crippen LogP contribution in [0.25, 0.3) is 0 Å². The lowest BCUT2D eigenvalue weighted by Gasteiger charge is -2.75. The summed E-state index contributed by atoms with van der Waals surface area (Å²) >= 11 is 0. The second-order valence-corrected chi connectivity index (χ2v) is 15.6. The monoisotopic (exact) mass is 428 g/mol. The van der Waals surface area contributed by atoms with Crippen LogP contribution in [0.15, 0.2) is 0 Å². The molecule has 5 aliphatic rings. The Labute approximate surface area is 193 Å². The second-order valence-electron chi connectivity index (χ2n) is 15.6. The molecule has 0 aliphatic heterocycles. The third kappa shape index (κ3) is 2.77. The van der Waals surface area contributed by atoms with E-state index in [-0.39, 0.29) is 11.5 Å². The van der Waals surface area contributed by atoms with Gasteiger partial charge in [0, 0.05) is 0 Å². The van der Waals surface area contributed by atoms with Gasteiger partial charge in [0.15, 0.2) is 0 Å². The first-order valence-electron chi connectivity index (χ1n) is 13.9. The van der Waals surface area contributed by atoms with Gasteiger partial charge in [-0.25, -0.2) is 0 Å². The highest BCUT2D eigenvalue weighted by molar-refractivity contribution is 5.20. The molecular weight excluding hydrogens is 376 g/mol. The molecule has 0 aromatic heterocycles. The summed E-state index contributed by atoms with van der Waals surface area (Å²) in [6.07, 6.45) is 14.8. The average Bonchev–Trinajstić information content (AvgIpc) is 2.67. The van der Waals surface area contributed by atoms with E-state index in [0.29, 0.717) is 33.0 Å². The number of fused-ring (bicyclic) bond motifs is 7. The molecule has 0 heterocycles. The summed E-state index contributed by atoms with van der Waals surface area (Å²) in [6.45, 7) is 20.7. The van der Waals surface area contributed by atoms with Gasteiger partial charge in [-0.15, -0.1) is 0 Å². The smallest absolute Gasteiger partial charge is 0.0584 e. The van der Waals surface area contributed by atoms with E-state index in [1.165, 1.54) is 64.2 Å². The van der Waals surface area contributed by atoms with Crippen molar-refractivity contribution < 1.29 is 5.11 Å². The number of hydrogen-bond acceptors (Lipinski definition) is 1. The van der Waals surface area contributed by atoms with Crippen LogP contribution in [0.5, 0.6) is 0 Å². The lowest BCUT2D eigenvalue weighted by Crippen LogP contribution is -2.70. The van der Waals surface area contributed by atoms with Gasteiger partial charge in [0.1, 0.15) is 0 Å². The molecule has 1 nitrogen and oxygen atoms in total. The maximum Gasteiger partial charge on any atom is 0.0584 e. The van der Waals surface area contributed by atoms with E-state index < -0.39 is 0 Å². The molecule has 0 unspecified atom stereocenters. The van der Waals surface area contributed by atoms with Gasteiger partial charge in [0.05, 0.1) is 6.10 Å². The van der Waals surface area contributed by atoms with E-state index >= 15 is 0 Å². The fourth-order valence-electron chi connectivity index (χ4n) is 11.5. The zero-order valence-corrected chi connectivity index (χ0v) is 22.1. The molecule has 10 atom stereocenters. The lowest BCUT2D eigenvalue weighted by molar-refractivity contribution is -0.284. The van der Waals surface area contributed by atoms with E-state index in [2.05, 4.69) is 55.4 Å². The zero-order chi connectivity index (χ0) is 22.7. The van der Waals surface area contributed by atoms with Gasteiger partial charge in [-0.3, -0.25) is 0 Å². The first-order valence-corrected chi connectivity index (χ1v) is 13.9. The summed E-state index contributed by atoms with van der Waals surface area (Å²) in [6, 6.07) is 0. The fraction of sp³-hybridized carbons (Fsp3) is 1.00. The van der Waals surface area contributed by atoms with Gasteiger partial charge in [0.25, 0.3) is 0 Å². The Balaban J connectivity index is 1.59. The minimum Gasteiger partial charge on any atom is -0.393 e. The highest BCUT2D eigenvalue weighted by Gasteiger charge is 2.72. The summed E-state index contributed by atoms with van der Waals surface area (Å²) in [5.74, 6) is 2.86. The van der Waals surface area contributed by atoms with Crippen molar-refractivity contribution >= 4 is 0 Å². The molecule has 5 rings (SSSR count). The highest BCUT2D eigenvalue weighted by Crippen LogP contribution is 2.78. The molecule has 1 heteroatoms. The largest absolute Gasteiger partial charge is 0.393 e. The molecule has 31 heavy (non-hydrogen) atoms. The van der Waals surface area contributed by atoms with E-state index in [1.807, 2.05) is 0 Å². The molecular formula is C30H52O. The van der Waals surface area contributed by atoms with Crippen LogP contribution in [-0.4, -0.2) is 11.2 Å². The minimum atomic E-state index is -0.114. The quantitative estimate of drug-likeness (QED) is 0.412. The molecule has 0 radical (unpaired) electrons. The molecule has 0 saturated heterocycles. The normalized spacial score (nSPS) is 60.9. The highest BCUT2D eigenvalue weighted by atomic mass is 16.3. The Morgan fingerprint density at radius 2 is 1.29 bits per heavy atom. The van der Waals surface area contributed by atoms with Crippen LogP contribution in [0, 0.1) is 56.2 Å². The van der Waals surface area contributed by atoms with Gasteiger partial charge < -0.3 is 5.11 Å². The van der Waals surface area contributed by atoms with Crippen molar-refractivity contribution in [1.82, 2.24) is 0 Å². The molecule has 5 saturated carbocycles. The van der Waals surface area contributed by atoms with Crippen molar-refractivity contribution in [1.29, 1.82) is 0 Å². The Hall–Kier alpha value is -0.0400. The Morgan fingerprint density at radius 3 is 2.00 bits per heavy atom. The van der Waals surface area contributed by atoms with Crippen molar-refractivity contribution in [3.05, 3.63) is 0 Å². The van der Waals surface area contributed by atoms with E-state index in [4.69, 9.17) is 0 Å². The molecule has 0 aromatic carbocycles. The molecule has 0 bridgehead atoms. The molecule has 0 aromatic rings. The van der Waals surface area contributed by atoms with Gasteiger partial charge in [-0.1, -0.05) is 68.2 Å². The number of aliphatic hydroxyl groups is 1. The molecule has 5 fully saturated rings. The summed E-state index contributed by atoms with van der Waals surface area (Å²) in [4.78, 5) is 0. The lowest BCUT2D eigenvalue weighted by atomic mass is 9.29. The van der Waals surface area contributed by atoms with Crippen LogP contribution < -0.4 is 0 Å². The fourth-order valence-corrected chi connectivity index (χ4v) is 11.5. The molecule has 5 aliphatic carbocycles. The van der Waals surface area contributed by atoms with Crippen molar-refractivity contribution in [3.8, 4) is 0 Å². The Bertz CT molecular complexity index is 741. The first-order chi connectivity index (χ1) is 14.2. The Morgan fingerprint density at radius 1 is 0.645 bits per heavy atom. The molecule has 0 amide bonds. The predicted molar refractivity (Wildman–Crippen MR) is 131 cm³/mol. The summed E-state index contributed by atoms with van der Waals surface area (Å²) in [5, 5.41) is 12.0. The maximum atomic E-state index is 12.0. The topological polar surface area (TPSA) is 20.2 Å². The van der Waals surface area contributed by atoms with Crippen molar-refractivity contribution in [3.63, 3.8) is 0 Å². The van der Waals surface area contributed by atoms with E-state index in [0.717, 1.165) is 24.2 Å². The van der Waals surface area contributed by atoms with Gasteiger partial charge in [0.2, 0.25) is 0 Å². The Kier molecular flexibility index (Phi) is 4.80. The van der Waals surface area contributed by atoms with Gasteiger partial charge in [-0.05, 0) is 114 Å². The summed E-state index contributed by atoms with van der Waals surface area (Å²) in [7, 11) is 0. The molecule has 1 N–H and O–H groups in total. The first kappa shape index (κ1) is 22.7. The number of hydrogen-bond donors (Lipinski definition) is 1. The predicted octanol–water partition coefficient (Wildman–Crippen LogP) is 8.25. The number of rotatable bonds is 0. The summed E-state index contributed by atoms with van der Waals surface area (Å²) < 4.78 is 0. The van der Waals surface area contributed by atoms with Crippen molar-refractivity contribution in [2.75, 3.05) is 0 Å².